The summed E-state index contributed by atoms with van der Waals surface area (Å²) in [7, 11) is 0. The largest absolute Gasteiger partial charge is 0.383 e. The first kappa shape index (κ1) is 11.8. The molecule has 1 aliphatic carbocycles. The molecule has 0 spiro atoms. The van der Waals surface area contributed by atoms with Gasteiger partial charge in [0.15, 0.2) is 0 Å². The van der Waals surface area contributed by atoms with Crippen LogP contribution in [0.1, 0.15) is 39.5 Å². The second kappa shape index (κ2) is 5.62. The first-order valence-corrected chi connectivity index (χ1v) is 7.15. The summed E-state index contributed by atoms with van der Waals surface area (Å²) < 4.78 is 0. The molecule has 2 rings (SSSR count). The molecule has 0 unspecified atom stereocenters. The van der Waals surface area contributed by atoms with Gasteiger partial charge in [-0.15, -0.1) is 11.8 Å². The van der Waals surface area contributed by atoms with E-state index in [0.29, 0.717) is 6.04 Å². The average Bonchev–Trinajstić information content (AvgIpc) is 2.73. The van der Waals surface area contributed by atoms with Gasteiger partial charge in [-0.2, -0.15) is 0 Å². The standard InChI is InChI=1S/C14H21NS/c1-11(2)15-12-7-9-14(10-8-12)16-13-5-3-4-6-13/h7-11,13,15H,3-6H2,1-2H3. The fraction of sp³-hybridized carbons (Fsp3) is 0.571. The molecule has 1 fully saturated rings. The molecule has 1 aliphatic rings. The van der Waals surface area contributed by atoms with E-state index >= 15 is 0 Å². The van der Waals surface area contributed by atoms with Crippen molar-refractivity contribution in [2.75, 3.05) is 5.32 Å². The van der Waals surface area contributed by atoms with E-state index in [1.807, 2.05) is 0 Å². The minimum absolute atomic E-state index is 0.508. The third kappa shape index (κ3) is 3.44. The van der Waals surface area contributed by atoms with E-state index in [-0.39, 0.29) is 0 Å². The Labute approximate surface area is 103 Å². The van der Waals surface area contributed by atoms with Crippen LogP contribution in [0.25, 0.3) is 0 Å². The van der Waals surface area contributed by atoms with E-state index in [1.54, 1.807) is 0 Å². The van der Waals surface area contributed by atoms with E-state index in [1.165, 1.54) is 36.3 Å². The summed E-state index contributed by atoms with van der Waals surface area (Å²) in [5.41, 5.74) is 1.23. The quantitative estimate of drug-likeness (QED) is 0.822. The lowest BCUT2D eigenvalue weighted by Crippen LogP contribution is -2.09. The zero-order valence-corrected chi connectivity index (χ0v) is 11.0. The van der Waals surface area contributed by atoms with E-state index in [2.05, 4.69) is 55.2 Å². The number of nitrogens with one attached hydrogen (secondary N) is 1. The smallest absolute Gasteiger partial charge is 0.0342 e. The first-order valence-electron chi connectivity index (χ1n) is 6.27. The van der Waals surface area contributed by atoms with Crippen molar-refractivity contribution in [1.82, 2.24) is 0 Å². The van der Waals surface area contributed by atoms with Gasteiger partial charge in [0.1, 0.15) is 0 Å². The van der Waals surface area contributed by atoms with Crippen molar-refractivity contribution in [2.45, 2.75) is 55.7 Å². The van der Waals surface area contributed by atoms with Crippen LogP contribution in [0.4, 0.5) is 5.69 Å². The number of hydrogen-bond donors (Lipinski definition) is 1. The Hall–Kier alpha value is -0.630. The van der Waals surface area contributed by atoms with Crippen LogP contribution in [0.15, 0.2) is 29.2 Å². The van der Waals surface area contributed by atoms with Gasteiger partial charge in [0.25, 0.3) is 0 Å². The highest BCUT2D eigenvalue weighted by Gasteiger charge is 2.15. The molecule has 1 saturated carbocycles. The van der Waals surface area contributed by atoms with E-state index in [0.717, 1.165) is 5.25 Å². The summed E-state index contributed by atoms with van der Waals surface area (Å²) in [5, 5.41) is 4.28. The van der Waals surface area contributed by atoms with Gasteiger partial charge in [0, 0.05) is 21.9 Å². The van der Waals surface area contributed by atoms with Gasteiger partial charge in [-0.05, 0) is 51.0 Å². The molecule has 1 N–H and O–H groups in total. The molecule has 0 heterocycles. The normalized spacial score (nSPS) is 16.9. The predicted octanol–water partition coefficient (Wildman–Crippen LogP) is 4.54. The monoisotopic (exact) mass is 235 g/mol. The second-order valence-corrected chi connectivity index (χ2v) is 6.22. The van der Waals surface area contributed by atoms with Crippen molar-refractivity contribution in [2.24, 2.45) is 0 Å². The molecule has 0 atom stereocenters. The van der Waals surface area contributed by atoms with Crippen molar-refractivity contribution in [3.63, 3.8) is 0 Å². The lowest BCUT2D eigenvalue weighted by Gasteiger charge is -2.12. The van der Waals surface area contributed by atoms with E-state index in [9.17, 15) is 0 Å². The van der Waals surface area contributed by atoms with Crippen molar-refractivity contribution < 1.29 is 0 Å². The van der Waals surface area contributed by atoms with Gasteiger partial charge in [0.2, 0.25) is 0 Å². The molecule has 0 radical (unpaired) electrons. The summed E-state index contributed by atoms with van der Waals surface area (Å²) in [4.78, 5) is 1.42. The number of thioether (sulfide) groups is 1. The molecule has 0 aromatic heterocycles. The van der Waals surface area contributed by atoms with Crippen molar-refractivity contribution in [1.29, 1.82) is 0 Å². The topological polar surface area (TPSA) is 12.0 Å². The Kier molecular flexibility index (Phi) is 4.16. The van der Waals surface area contributed by atoms with Crippen LogP contribution in [0.3, 0.4) is 0 Å². The number of benzene rings is 1. The number of rotatable bonds is 4. The highest BCUT2D eigenvalue weighted by molar-refractivity contribution is 8.00. The summed E-state index contributed by atoms with van der Waals surface area (Å²) in [5.74, 6) is 0. The molecule has 88 valence electrons. The molecule has 1 aromatic carbocycles. The van der Waals surface area contributed by atoms with Crippen LogP contribution < -0.4 is 5.32 Å². The molecule has 2 heteroatoms. The summed E-state index contributed by atoms with van der Waals surface area (Å²) in [6, 6.07) is 9.38. The van der Waals surface area contributed by atoms with E-state index in [4.69, 9.17) is 0 Å². The molecule has 1 aromatic rings. The fourth-order valence-electron chi connectivity index (χ4n) is 2.16. The van der Waals surface area contributed by atoms with Crippen LogP contribution in [0.5, 0.6) is 0 Å². The lowest BCUT2D eigenvalue weighted by molar-refractivity contribution is 0.886. The first-order chi connectivity index (χ1) is 7.74. The maximum absolute atomic E-state index is 3.42. The van der Waals surface area contributed by atoms with Crippen molar-refractivity contribution in [3.8, 4) is 0 Å². The second-order valence-electron chi connectivity index (χ2n) is 4.85. The highest BCUT2D eigenvalue weighted by Crippen LogP contribution is 2.34. The SMILES string of the molecule is CC(C)Nc1ccc(SC2CCCC2)cc1. The van der Waals surface area contributed by atoms with Gasteiger partial charge in [0.05, 0.1) is 0 Å². The molecular formula is C14H21NS. The van der Waals surface area contributed by atoms with Crippen molar-refractivity contribution >= 4 is 17.4 Å². The maximum Gasteiger partial charge on any atom is 0.0342 e. The zero-order chi connectivity index (χ0) is 11.4. The number of anilines is 1. The Morgan fingerprint density at radius 2 is 1.75 bits per heavy atom. The lowest BCUT2D eigenvalue weighted by atomic mass is 10.3. The van der Waals surface area contributed by atoms with Crippen LogP contribution >= 0.6 is 11.8 Å². The molecule has 16 heavy (non-hydrogen) atoms. The Balaban J connectivity index is 1.90. The molecule has 0 bridgehead atoms. The van der Waals surface area contributed by atoms with Crippen LogP contribution in [0.2, 0.25) is 0 Å². The van der Waals surface area contributed by atoms with Gasteiger partial charge in [-0.3, -0.25) is 0 Å². The zero-order valence-electron chi connectivity index (χ0n) is 10.2. The summed E-state index contributed by atoms with van der Waals surface area (Å²) in [6.07, 6.45) is 5.64. The third-order valence-corrected chi connectivity index (χ3v) is 4.26. The minimum Gasteiger partial charge on any atom is -0.383 e. The molecule has 0 aliphatic heterocycles. The highest BCUT2D eigenvalue weighted by atomic mass is 32.2. The Morgan fingerprint density at radius 1 is 1.12 bits per heavy atom. The Bertz CT molecular complexity index is 312. The Morgan fingerprint density at radius 3 is 2.31 bits per heavy atom. The van der Waals surface area contributed by atoms with Gasteiger partial charge < -0.3 is 5.32 Å². The van der Waals surface area contributed by atoms with Gasteiger partial charge in [-0.1, -0.05) is 12.8 Å². The van der Waals surface area contributed by atoms with Gasteiger partial charge in [-0.25, -0.2) is 0 Å². The molecule has 1 nitrogen and oxygen atoms in total. The fourth-order valence-corrected chi connectivity index (χ4v) is 3.41. The average molecular weight is 235 g/mol. The molecule has 0 amide bonds. The van der Waals surface area contributed by atoms with E-state index < -0.39 is 0 Å². The van der Waals surface area contributed by atoms with Crippen molar-refractivity contribution in [3.05, 3.63) is 24.3 Å². The third-order valence-electron chi connectivity index (χ3n) is 2.91. The minimum atomic E-state index is 0.508. The maximum atomic E-state index is 3.42. The summed E-state index contributed by atoms with van der Waals surface area (Å²) in [6.45, 7) is 4.34. The van der Waals surface area contributed by atoms with Crippen LogP contribution in [0, 0.1) is 0 Å². The van der Waals surface area contributed by atoms with Crippen LogP contribution in [-0.2, 0) is 0 Å². The molecular weight excluding hydrogens is 214 g/mol. The summed E-state index contributed by atoms with van der Waals surface area (Å²) >= 11 is 2.05. The van der Waals surface area contributed by atoms with Gasteiger partial charge >= 0.3 is 0 Å². The number of hydrogen-bond acceptors (Lipinski definition) is 2. The predicted molar refractivity (Wildman–Crippen MR) is 73.3 cm³/mol. The van der Waals surface area contributed by atoms with Crippen LogP contribution in [-0.4, -0.2) is 11.3 Å². The molecule has 0 saturated heterocycles.